The first-order valence-corrected chi connectivity index (χ1v) is 3.63. The van der Waals surface area contributed by atoms with Crippen molar-refractivity contribution in [2.75, 3.05) is 12.5 Å². The van der Waals surface area contributed by atoms with Crippen LogP contribution in [0.3, 0.4) is 0 Å². The highest BCUT2D eigenvalue weighted by molar-refractivity contribution is 5.49. The third-order valence-electron chi connectivity index (χ3n) is 1.46. The van der Waals surface area contributed by atoms with E-state index < -0.39 is 0 Å². The fourth-order valence-corrected chi connectivity index (χ4v) is 0.823. The van der Waals surface area contributed by atoms with Crippen molar-refractivity contribution >= 4 is 5.69 Å². The van der Waals surface area contributed by atoms with Crippen molar-refractivity contribution in [1.29, 1.82) is 0 Å². The molecule has 0 aliphatic heterocycles. The van der Waals surface area contributed by atoms with E-state index in [0.717, 1.165) is 11.3 Å². The lowest BCUT2D eigenvalue weighted by molar-refractivity contribution is -0.497. The molecule has 12 heavy (non-hydrogen) atoms. The van der Waals surface area contributed by atoms with E-state index in [1.807, 2.05) is 31.2 Å². The first-order valence-electron chi connectivity index (χ1n) is 3.63. The van der Waals surface area contributed by atoms with Crippen LogP contribution in [0, 0.1) is 12.1 Å². The van der Waals surface area contributed by atoms with Gasteiger partial charge in [-0.3, -0.25) is 0 Å². The second kappa shape index (κ2) is 3.71. The van der Waals surface area contributed by atoms with Crippen LogP contribution in [-0.2, 0) is 0 Å². The van der Waals surface area contributed by atoms with Gasteiger partial charge in [-0.05, 0) is 18.6 Å². The van der Waals surface area contributed by atoms with Gasteiger partial charge in [-0.15, -0.1) is 5.43 Å². The number of rotatable bonds is 2. The van der Waals surface area contributed by atoms with E-state index in [0.29, 0.717) is 4.86 Å². The zero-order chi connectivity index (χ0) is 8.97. The van der Waals surface area contributed by atoms with Crippen LogP contribution in [-0.4, -0.2) is 11.9 Å². The Morgan fingerprint density at radius 3 is 2.67 bits per heavy atom. The average Bonchev–Trinajstić information content (AvgIpc) is 2.03. The van der Waals surface area contributed by atoms with Gasteiger partial charge in [0.05, 0.1) is 5.22 Å². The maximum atomic E-state index is 10.4. The maximum absolute atomic E-state index is 10.4. The predicted molar refractivity (Wildman–Crippen MR) is 46.8 cm³/mol. The molecule has 0 aliphatic carbocycles. The van der Waals surface area contributed by atoms with E-state index in [-0.39, 0.29) is 0 Å². The molecule has 0 bridgehead atoms. The molecular formula is C8H11N3O. The normalized spacial score (nSPS) is 11.3. The molecule has 1 aromatic carbocycles. The van der Waals surface area contributed by atoms with Gasteiger partial charge in [-0.25, -0.2) is 0 Å². The molecule has 0 radical (unpaired) electrons. The Bertz CT molecular complexity index is 292. The molecule has 0 heterocycles. The lowest BCUT2D eigenvalue weighted by Crippen LogP contribution is -1.97. The quantitative estimate of drug-likeness (QED) is 0.413. The SMILES string of the molecule is Cc1ccccc1N/N=[N+](/C)[O-]. The summed E-state index contributed by atoms with van der Waals surface area (Å²) in [6.07, 6.45) is 0. The highest BCUT2D eigenvalue weighted by atomic mass is 16.5. The van der Waals surface area contributed by atoms with E-state index >= 15 is 0 Å². The number of para-hydroxylation sites is 1. The Labute approximate surface area is 71.1 Å². The Kier molecular flexibility index (Phi) is 2.63. The molecule has 1 N–H and O–H groups in total. The number of aryl methyl sites for hydroxylation is 1. The number of nitrogens with zero attached hydrogens (tertiary/aromatic N) is 2. The lowest BCUT2D eigenvalue weighted by Gasteiger charge is -1.99. The first-order chi connectivity index (χ1) is 5.70. The number of benzene rings is 1. The Morgan fingerprint density at radius 1 is 1.42 bits per heavy atom. The molecule has 0 fully saturated rings. The van der Waals surface area contributed by atoms with Crippen molar-refractivity contribution in [2.24, 2.45) is 5.22 Å². The minimum atomic E-state index is 0.479. The van der Waals surface area contributed by atoms with Crippen molar-refractivity contribution in [3.05, 3.63) is 35.0 Å². The summed E-state index contributed by atoms with van der Waals surface area (Å²) < 4.78 is 0. The Morgan fingerprint density at radius 2 is 2.08 bits per heavy atom. The minimum absolute atomic E-state index is 0.479. The highest BCUT2D eigenvalue weighted by Crippen LogP contribution is 2.12. The molecule has 4 heteroatoms. The topological polar surface area (TPSA) is 50.5 Å². The van der Waals surface area contributed by atoms with Crippen LogP contribution in [0.4, 0.5) is 5.69 Å². The highest BCUT2D eigenvalue weighted by Gasteiger charge is 1.97. The van der Waals surface area contributed by atoms with E-state index in [1.54, 1.807) is 0 Å². The first kappa shape index (κ1) is 8.52. The molecule has 0 atom stereocenters. The average molecular weight is 165 g/mol. The van der Waals surface area contributed by atoms with Gasteiger partial charge in [0.2, 0.25) is 0 Å². The summed E-state index contributed by atoms with van der Waals surface area (Å²) in [5.41, 5.74) is 4.56. The van der Waals surface area contributed by atoms with Crippen LogP contribution in [0.5, 0.6) is 0 Å². The third kappa shape index (κ3) is 2.23. The second-order valence-electron chi connectivity index (χ2n) is 2.49. The molecule has 0 unspecified atom stereocenters. The fraction of sp³-hybridized carbons (Fsp3) is 0.250. The number of anilines is 1. The number of nitrogens with one attached hydrogen (secondary N) is 1. The van der Waals surface area contributed by atoms with Crippen LogP contribution in [0.25, 0.3) is 0 Å². The van der Waals surface area contributed by atoms with Crippen molar-refractivity contribution in [1.82, 2.24) is 0 Å². The molecule has 0 aliphatic rings. The monoisotopic (exact) mass is 165 g/mol. The summed E-state index contributed by atoms with van der Waals surface area (Å²) in [4.78, 5) is 0.479. The van der Waals surface area contributed by atoms with Crippen LogP contribution in [0.1, 0.15) is 5.56 Å². The maximum Gasteiger partial charge on any atom is 0.149 e. The smallest absolute Gasteiger partial charge is 0.149 e. The van der Waals surface area contributed by atoms with Crippen molar-refractivity contribution in [3.63, 3.8) is 0 Å². The Balaban J connectivity index is 2.76. The summed E-state index contributed by atoms with van der Waals surface area (Å²) in [5.74, 6) is 0. The van der Waals surface area contributed by atoms with Crippen molar-refractivity contribution in [3.8, 4) is 0 Å². The minimum Gasteiger partial charge on any atom is -0.696 e. The van der Waals surface area contributed by atoms with Gasteiger partial charge in [0.1, 0.15) is 12.7 Å². The van der Waals surface area contributed by atoms with E-state index in [2.05, 4.69) is 10.6 Å². The molecule has 4 nitrogen and oxygen atoms in total. The van der Waals surface area contributed by atoms with Gasteiger partial charge >= 0.3 is 0 Å². The third-order valence-corrected chi connectivity index (χ3v) is 1.46. The lowest BCUT2D eigenvalue weighted by atomic mass is 10.2. The van der Waals surface area contributed by atoms with Crippen LogP contribution < -0.4 is 5.43 Å². The summed E-state index contributed by atoms with van der Waals surface area (Å²) in [6.45, 7) is 1.95. The molecule has 0 amide bonds. The summed E-state index contributed by atoms with van der Waals surface area (Å²) in [5, 5.41) is 13.9. The zero-order valence-corrected chi connectivity index (χ0v) is 7.11. The standard InChI is InChI=1S/C8H11N3O/c1-7-5-3-4-6-8(7)9-10-11(2)12/h3-6,9H,1-2H3/b11-10-. The molecular weight excluding hydrogens is 154 g/mol. The Hall–Kier alpha value is -1.58. The van der Waals surface area contributed by atoms with Crippen molar-refractivity contribution < 1.29 is 4.86 Å². The van der Waals surface area contributed by atoms with E-state index in [1.165, 1.54) is 7.05 Å². The largest absolute Gasteiger partial charge is 0.696 e. The molecule has 64 valence electrons. The second-order valence-corrected chi connectivity index (χ2v) is 2.49. The fourth-order valence-electron chi connectivity index (χ4n) is 0.823. The predicted octanol–water partition coefficient (Wildman–Crippen LogP) is 1.91. The summed E-state index contributed by atoms with van der Waals surface area (Å²) in [6, 6.07) is 7.63. The number of hydrogen-bond acceptors (Lipinski definition) is 2. The van der Waals surface area contributed by atoms with Gasteiger partial charge in [0.25, 0.3) is 0 Å². The summed E-state index contributed by atoms with van der Waals surface area (Å²) in [7, 11) is 1.32. The van der Waals surface area contributed by atoms with E-state index in [4.69, 9.17) is 0 Å². The molecule has 1 rings (SSSR count). The number of hydrogen-bond donors (Lipinski definition) is 1. The van der Waals surface area contributed by atoms with Crippen LogP contribution in [0.2, 0.25) is 0 Å². The molecule has 0 saturated carbocycles. The van der Waals surface area contributed by atoms with Gasteiger partial charge in [0, 0.05) is 0 Å². The van der Waals surface area contributed by atoms with E-state index in [9.17, 15) is 5.21 Å². The number of hydroxylamine groups is 1. The zero-order valence-electron chi connectivity index (χ0n) is 7.11. The van der Waals surface area contributed by atoms with Gasteiger partial charge in [-0.1, -0.05) is 18.2 Å². The van der Waals surface area contributed by atoms with Gasteiger partial charge < -0.3 is 5.21 Å². The van der Waals surface area contributed by atoms with Crippen LogP contribution in [0.15, 0.2) is 29.5 Å². The molecule has 0 aromatic heterocycles. The van der Waals surface area contributed by atoms with Crippen LogP contribution >= 0.6 is 0 Å². The molecule has 0 saturated heterocycles. The molecule has 1 aromatic rings. The van der Waals surface area contributed by atoms with Gasteiger partial charge in [0.15, 0.2) is 0 Å². The summed E-state index contributed by atoms with van der Waals surface area (Å²) >= 11 is 0. The van der Waals surface area contributed by atoms with Crippen molar-refractivity contribution in [2.45, 2.75) is 6.92 Å². The van der Waals surface area contributed by atoms with Gasteiger partial charge in [-0.2, -0.15) is 4.86 Å². The molecule has 0 spiro atoms.